The average molecular weight is 267 g/mol. The van der Waals surface area contributed by atoms with Crippen LogP contribution in [0.3, 0.4) is 0 Å². The first-order valence-corrected chi connectivity index (χ1v) is 7.41. The normalized spacial score (nSPS) is 24.5. The zero-order valence-corrected chi connectivity index (χ0v) is 12.1. The summed E-state index contributed by atoms with van der Waals surface area (Å²) in [6.45, 7) is 4.66. The molecule has 1 aromatic rings. The third kappa shape index (κ3) is 2.89. The fraction of sp³-hybridized carbons (Fsp3) is 0.625. The standard InChI is InChI=1S/C16H23ClO/c1-11(2)15-9-12(7-8-16(15)17)14-6-4-3-5-13(14)10-18/h7-9,11,13-14,18H,3-6,10H2,1-2H3/t13-,14?/m0/s1. The second-order valence-corrected chi connectivity index (χ2v) is 6.18. The molecule has 1 aliphatic carbocycles. The zero-order valence-electron chi connectivity index (χ0n) is 11.3. The Labute approximate surface area is 115 Å². The summed E-state index contributed by atoms with van der Waals surface area (Å²) in [7, 11) is 0. The molecule has 1 nitrogen and oxygen atoms in total. The van der Waals surface area contributed by atoms with E-state index >= 15 is 0 Å². The molecule has 1 aliphatic rings. The van der Waals surface area contributed by atoms with Gasteiger partial charge >= 0.3 is 0 Å². The van der Waals surface area contributed by atoms with E-state index in [4.69, 9.17) is 11.6 Å². The topological polar surface area (TPSA) is 20.2 Å². The lowest BCUT2D eigenvalue weighted by molar-refractivity contribution is 0.169. The Morgan fingerprint density at radius 1 is 1.28 bits per heavy atom. The lowest BCUT2D eigenvalue weighted by atomic mass is 9.75. The monoisotopic (exact) mass is 266 g/mol. The van der Waals surface area contributed by atoms with Crippen molar-refractivity contribution in [3.63, 3.8) is 0 Å². The maximum absolute atomic E-state index is 9.53. The summed E-state index contributed by atoms with van der Waals surface area (Å²) in [4.78, 5) is 0. The van der Waals surface area contributed by atoms with Gasteiger partial charge in [0.05, 0.1) is 0 Å². The molecule has 1 saturated carbocycles. The van der Waals surface area contributed by atoms with Gasteiger partial charge in [-0.15, -0.1) is 0 Å². The Hall–Kier alpha value is -0.530. The lowest BCUT2D eigenvalue weighted by Gasteiger charge is -2.31. The van der Waals surface area contributed by atoms with Gasteiger partial charge in [-0.25, -0.2) is 0 Å². The SMILES string of the molecule is CC(C)c1cc(C2CCCC[C@H]2CO)ccc1Cl. The molecule has 2 rings (SSSR count). The lowest BCUT2D eigenvalue weighted by Crippen LogP contribution is -2.21. The molecule has 1 fully saturated rings. The molecular formula is C16H23ClO. The Morgan fingerprint density at radius 3 is 2.67 bits per heavy atom. The number of hydrogen-bond acceptors (Lipinski definition) is 1. The van der Waals surface area contributed by atoms with Gasteiger partial charge in [0.15, 0.2) is 0 Å². The van der Waals surface area contributed by atoms with E-state index in [1.165, 1.54) is 30.4 Å². The number of benzene rings is 1. The van der Waals surface area contributed by atoms with Crippen LogP contribution >= 0.6 is 11.6 Å². The molecule has 0 amide bonds. The van der Waals surface area contributed by atoms with Crippen molar-refractivity contribution in [2.45, 2.75) is 51.4 Å². The highest BCUT2D eigenvalue weighted by Crippen LogP contribution is 2.39. The summed E-state index contributed by atoms with van der Waals surface area (Å²) >= 11 is 6.25. The van der Waals surface area contributed by atoms with Crippen LogP contribution in [0.25, 0.3) is 0 Å². The van der Waals surface area contributed by atoms with E-state index in [-0.39, 0.29) is 0 Å². The first kappa shape index (κ1) is 13.9. The van der Waals surface area contributed by atoms with Crippen molar-refractivity contribution < 1.29 is 5.11 Å². The van der Waals surface area contributed by atoms with E-state index < -0.39 is 0 Å². The maximum atomic E-state index is 9.53. The molecule has 1 unspecified atom stereocenters. The van der Waals surface area contributed by atoms with Gasteiger partial charge in [0.1, 0.15) is 0 Å². The van der Waals surface area contributed by atoms with Crippen molar-refractivity contribution in [2.75, 3.05) is 6.61 Å². The van der Waals surface area contributed by atoms with E-state index in [2.05, 4.69) is 26.0 Å². The number of rotatable bonds is 3. The van der Waals surface area contributed by atoms with Crippen LogP contribution in [0.5, 0.6) is 0 Å². The zero-order chi connectivity index (χ0) is 13.1. The van der Waals surface area contributed by atoms with E-state index in [0.717, 1.165) is 11.4 Å². The van der Waals surface area contributed by atoms with Crippen LogP contribution in [0.2, 0.25) is 5.02 Å². The fourth-order valence-electron chi connectivity index (χ4n) is 3.10. The van der Waals surface area contributed by atoms with Gasteiger partial charge in [0, 0.05) is 11.6 Å². The largest absolute Gasteiger partial charge is 0.396 e. The predicted molar refractivity (Wildman–Crippen MR) is 77.3 cm³/mol. The van der Waals surface area contributed by atoms with Gasteiger partial charge in [-0.2, -0.15) is 0 Å². The second kappa shape index (κ2) is 6.08. The summed E-state index contributed by atoms with van der Waals surface area (Å²) in [6, 6.07) is 6.42. The van der Waals surface area contributed by atoms with Crippen molar-refractivity contribution in [1.82, 2.24) is 0 Å². The molecule has 0 heterocycles. The van der Waals surface area contributed by atoms with Crippen LogP contribution < -0.4 is 0 Å². The Balaban J connectivity index is 2.29. The van der Waals surface area contributed by atoms with E-state index in [9.17, 15) is 5.11 Å². The molecular weight excluding hydrogens is 244 g/mol. The highest BCUT2D eigenvalue weighted by molar-refractivity contribution is 6.31. The molecule has 0 aliphatic heterocycles. The van der Waals surface area contributed by atoms with E-state index in [1.54, 1.807) is 0 Å². The summed E-state index contributed by atoms with van der Waals surface area (Å²) < 4.78 is 0. The molecule has 2 heteroatoms. The van der Waals surface area contributed by atoms with Crippen LogP contribution in [0.4, 0.5) is 0 Å². The summed E-state index contributed by atoms with van der Waals surface area (Å²) in [5, 5.41) is 10.4. The first-order valence-electron chi connectivity index (χ1n) is 7.03. The van der Waals surface area contributed by atoms with Crippen LogP contribution in [0.1, 0.15) is 62.5 Å². The highest BCUT2D eigenvalue weighted by Gasteiger charge is 2.26. The third-order valence-corrected chi connectivity index (χ3v) is 4.56. The van der Waals surface area contributed by atoms with Crippen LogP contribution in [-0.4, -0.2) is 11.7 Å². The van der Waals surface area contributed by atoms with Gasteiger partial charge < -0.3 is 5.11 Å². The van der Waals surface area contributed by atoms with Gasteiger partial charge in [0.25, 0.3) is 0 Å². The number of hydrogen-bond donors (Lipinski definition) is 1. The molecule has 0 radical (unpaired) electrons. The number of aliphatic hydroxyl groups excluding tert-OH is 1. The van der Waals surface area contributed by atoms with E-state index in [1.807, 2.05) is 6.07 Å². The third-order valence-electron chi connectivity index (χ3n) is 4.21. The number of aliphatic hydroxyl groups is 1. The second-order valence-electron chi connectivity index (χ2n) is 5.77. The summed E-state index contributed by atoms with van der Waals surface area (Å²) in [5.41, 5.74) is 2.60. The molecule has 0 aromatic heterocycles. The predicted octanol–water partition coefficient (Wildman–Crippen LogP) is 4.73. The molecule has 2 atom stereocenters. The highest BCUT2D eigenvalue weighted by atomic mass is 35.5. The molecule has 0 saturated heterocycles. The molecule has 0 bridgehead atoms. The minimum atomic E-state index is 0.310. The van der Waals surface area contributed by atoms with Crippen molar-refractivity contribution in [2.24, 2.45) is 5.92 Å². The fourth-order valence-corrected chi connectivity index (χ4v) is 3.44. The minimum absolute atomic E-state index is 0.310. The van der Waals surface area contributed by atoms with Gasteiger partial charge in [0.2, 0.25) is 0 Å². The Morgan fingerprint density at radius 2 is 2.00 bits per heavy atom. The van der Waals surface area contributed by atoms with Crippen molar-refractivity contribution in [1.29, 1.82) is 0 Å². The summed E-state index contributed by atoms with van der Waals surface area (Å²) in [6.07, 6.45) is 4.89. The molecule has 1 aromatic carbocycles. The van der Waals surface area contributed by atoms with Gasteiger partial charge in [-0.05, 0) is 47.8 Å². The van der Waals surface area contributed by atoms with Gasteiger partial charge in [-0.1, -0.05) is 50.4 Å². The molecule has 18 heavy (non-hydrogen) atoms. The Bertz CT molecular complexity index is 400. The Kier molecular flexibility index (Phi) is 4.69. The van der Waals surface area contributed by atoms with Crippen LogP contribution in [-0.2, 0) is 0 Å². The smallest absolute Gasteiger partial charge is 0.0465 e. The van der Waals surface area contributed by atoms with E-state index in [0.29, 0.717) is 24.4 Å². The van der Waals surface area contributed by atoms with Crippen LogP contribution in [0.15, 0.2) is 18.2 Å². The first-order chi connectivity index (χ1) is 8.63. The summed E-state index contributed by atoms with van der Waals surface area (Å²) in [5.74, 6) is 1.40. The number of halogens is 1. The molecule has 100 valence electrons. The molecule has 0 spiro atoms. The average Bonchev–Trinajstić information content (AvgIpc) is 2.39. The van der Waals surface area contributed by atoms with Crippen molar-refractivity contribution in [3.05, 3.63) is 34.3 Å². The molecule has 1 N–H and O–H groups in total. The van der Waals surface area contributed by atoms with Gasteiger partial charge in [-0.3, -0.25) is 0 Å². The quantitative estimate of drug-likeness (QED) is 0.839. The van der Waals surface area contributed by atoms with Crippen molar-refractivity contribution in [3.8, 4) is 0 Å². The minimum Gasteiger partial charge on any atom is -0.396 e. The maximum Gasteiger partial charge on any atom is 0.0465 e. The van der Waals surface area contributed by atoms with Crippen molar-refractivity contribution >= 4 is 11.6 Å². The van der Waals surface area contributed by atoms with Crippen LogP contribution in [0, 0.1) is 5.92 Å².